The number of hydrogen-bond donors (Lipinski definition) is 0. The van der Waals surface area contributed by atoms with E-state index in [0.29, 0.717) is 18.7 Å². The zero-order valence-electron chi connectivity index (χ0n) is 12.8. The fourth-order valence-electron chi connectivity index (χ4n) is 2.62. The van der Waals surface area contributed by atoms with Gasteiger partial charge in [-0.3, -0.25) is 14.6 Å². The van der Waals surface area contributed by atoms with Crippen molar-refractivity contribution in [2.75, 3.05) is 26.2 Å². The Morgan fingerprint density at radius 2 is 1.46 bits per heavy atom. The average Bonchev–Trinajstić information content (AvgIpc) is 2.63. The van der Waals surface area contributed by atoms with Crippen LogP contribution >= 0.6 is 0 Å². The van der Waals surface area contributed by atoms with Crippen LogP contribution in [0.2, 0.25) is 0 Å². The van der Waals surface area contributed by atoms with Crippen molar-refractivity contribution in [3.63, 3.8) is 0 Å². The third-order valence-electron chi connectivity index (χ3n) is 3.94. The van der Waals surface area contributed by atoms with Crippen LogP contribution in [0.25, 0.3) is 0 Å². The molecule has 124 valence electrons. The molecule has 1 fully saturated rings. The van der Waals surface area contributed by atoms with Crippen LogP contribution in [0.1, 0.15) is 20.7 Å². The van der Waals surface area contributed by atoms with Crippen molar-refractivity contribution in [1.82, 2.24) is 14.8 Å². The largest absolute Gasteiger partial charge is 0.335 e. The molecule has 0 bridgehead atoms. The predicted molar refractivity (Wildman–Crippen MR) is 82.4 cm³/mol. The van der Waals surface area contributed by atoms with Gasteiger partial charge in [-0.2, -0.15) is 0 Å². The molecule has 7 heteroatoms. The van der Waals surface area contributed by atoms with E-state index in [1.807, 2.05) is 0 Å². The number of carbonyl (C=O) groups excluding carboxylic acids is 2. The van der Waals surface area contributed by atoms with Gasteiger partial charge in [0.25, 0.3) is 11.8 Å². The minimum absolute atomic E-state index is 0.138. The van der Waals surface area contributed by atoms with Gasteiger partial charge < -0.3 is 9.80 Å². The smallest absolute Gasteiger partial charge is 0.257 e. The van der Waals surface area contributed by atoms with Crippen molar-refractivity contribution in [3.05, 3.63) is 65.5 Å². The van der Waals surface area contributed by atoms with Crippen LogP contribution in [0.4, 0.5) is 8.78 Å². The molecule has 0 N–H and O–H groups in total. The van der Waals surface area contributed by atoms with Crippen LogP contribution in [0.15, 0.2) is 42.7 Å². The van der Waals surface area contributed by atoms with Gasteiger partial charge in [0.1, 0.15) is 11.6 Å². The number of rotatable bonds is 2. The SMILES string of the molecule is O=C(c1ccncc1)N1CCN(C(=O)c2cc(F)ccc2F)CC1. The monoisotopic (exact) mass is 331 g/mol. The number of nitrogens with zero attached hydrogens (tertiary/aromatic N) is 3. The van der Waals surface area contributed by atoms with Gasteiger partial charge in [-0.1, -0.05) is 0 Å². The Kier molecular flexibility index (Phi) is 4.50. The van der Waals surface area contributed by atoms with E-state index < -0.39 is 17.5 Å². The zero-order valence-corrected chi connectivity index (χ0v) is 12.8. The van der Waals surface area contributed by atoms with Gasteiger partial charge in [0, 0.05) is 44.1 Å². The van der Waals surface area contributed by atoms with Crippen molar-refractivity contribution >= 4 is 11.8 Å². The minimum Gasteiger partial charge on any atom is -0.335 e. The number of amides is 2. The molecule has 5 nitrogen and oxygen atoms in total. The zero-order chi connectivity index (χ0) is 17.1. The number of pyridine rings is 1. The summed E-state index contributed by atoms with van der Waals surface area (Å²) in [6, 6.07) is 6.05. The molecule has 0 unspecified atom stereocenters. The molecule has 1 aromatic heterocycles. The number of hydrogen-bond acceptors (Lipinski definition) is 3. The lowest BCUT2D eigenvalue weighted by Gasteiger charge is -2.34. The molecule has 0 aliphatic carbocycles. The Balaban J connectivity index is 1.66. The maximum absolute atomic E-state index is 13.7. The fourth-order valence-corrected chi connectivity index (χ4v) is 2.62. The lowest BCUT2D eigenvalue weighted by Crippen LogP contribution is -2.50. The highest BCUT2D eigenvalue weighted by molar-refractivity contribution is 5.96. The molecular formula is C17H15F2N3O2. The van der Waals surface area contributed by atoms with Gasteiger partial charge >= 0.3 is 0 Å². The predicted octanol–water partition coefficient (Wildman–Crippen LogP) is 1.96. The molecule has 2 aromatic rings. The van der Waals surface area contributed by atoms with E-state index in [4.69, 9.17) is 0 Å². The Hall–Kier alpha value is -2.83. The summed E-state index contributed by atoms with van der Waals surface area (Å²) in [7, 11) is 0. The number of piperazine rings is 1. The standard InChI is InChI=1S/C17H15F2N3O2/c18-13-1-2-15(19)14(11-13)17(24)22-9-7-21(8-10-22)16(23)12-3-5-20-6-4-12/h1-6,11H,7-10H2. The fraction of sp³-hybridized carbons (Fsp3) is 0.235. The first-order valence-corrected chi connectivity index (χ1v) is 7.50. The van der Waals surface area contributed by atoms with Gasteiger partial charge in [0.05, 0.1) is 5.56 Å². The molecule has 2 heterocycles. The van der Waals surface area contributed by atoms with E-state index in [0.717, 1.165) is 18.2 Å². The van der Waals surface area contributed by atoms with E-state index in [1.54, 1.807) is 29.4 Å². The maximum Gasteiger partial charge on any atom is 0.257 e. The summed E-state index contributed by atoms with van der Waals surface area (Å²) in [6.07, 6.45) is 3.08. The molecule has 24 heavy (non-hydrogen) atoms. The van der Waals surface area contributed by atoms with Crippen LogP contribution in [-0.2, 0) is 0 Å². The molecule has 0 radical (unpaired) electrons. The van der Waals surface area contributed by atoms with Crippen molar-refractivity contribution in [2.24, 2.45) is 0 Å². The van der Waals surface area contributed by atoms with E-state index >= 15 is 0 Å². The van der Waals surface area contributed by atoms with E-state index in [9.17, 15) is 18.4 Å². The van der Waals surface area contributed by atoms with Crippen LogP contribution in [0.5, 0.6) is 0 Å². The molecule has 1 saturated heterocycles. The second-order valence-corrected chi connectivity index (χ2v) is 5.44. The van der Waals surface area contributed by atoms with Crippen LogP contribution < -0.4 is 0 Å². The molecule has 1 aliphatic rings. The molecule has 0 spiro atoms. The number of benzene rings is 1. The minimum atomic E-state index is -0.753. The molecule has 1 aliphatic heterocycles. The Labute approximate surface area is 137 Å². The summed E-state index contributed by atoms with van der Waals surface area (Å²) in [4.78, 5) is 31.6. The van der Waals surface area contributed by atoms with Gasteiger partial charge in [0.2, 0.25) is 0 Å². The lowest BCUT2D eigenvalue weighted by molar-refractivity contribution is 0.0532. The Morgan fingerprint density at radius 1 is 0.875 bits per heavy atom. The van der Waals surface area contributed by atoms with Crippen molar-refractivity contribution in [1.29, 1.82) is 0 Å². The summed E-state index contributed by atoms with van der Waals surface area (Å²) in [5.41, 5.74) is 0.241. The van der Waals surface area contributed by atoms with E-state index in [-0.39, 0.29) is 24.6 Å². The number of halogens is 2. The first-order valence-electron chi connectivity index (χ1n) is 7.50. The van der Waals surface area contributed by atoms with E-state index in [2.05, 4.69) is 4.98 Å². The van der Waals surface area contributed by atoms with Gasteiger partial charge in [-0.05, 0) is 30.3 Å². The summed E-state index contributed by atoms with van der Waals surface area (Å²) in [6.45, 7) is 1.21. The maximum atomic E-state index is 13.7. The molecule has 3 rings (SSSR count). The Morgan fingerprint density at radius 3 is 2.08 bits per heavy atom. The summed E-state index contributed by atoms with van der Waals surface area (Å²) in [5, 5.41) is 0. The first kappa shape index (κ1) is 16.0. The lowest BCUT2D eigenvalue weighted by atomic mass is 10.1. The number of aromatic nitrogens is 1. The second-order valence-electron chi connectivity index (χ2n) is 5.44. The highest BCUT2D eigenvalue weighted by atomic mass is 19.1. The third kappa shape index (κ3) is 3.24. The summed E-state index contributed by atoms with van der Waals surface area (Å²) < 4.78 is 27.0. The van der Waals surface area contributed by atoms with Crippen LogP contribution in [0, 0.1) is 11.6 Å². The highest BCUT2D eigenvalue weighted by Crippen LogP contribution is 2.15. The van der Waals surface area contributed by atoms with Gasteiger partial charge in [-0.15, -0.1) is 0 Å². The average molecular weight is 331 g/mol. The quantitative estimate of drug-likeness (QED) is 0.845. The second kappa shape index (κ2) is 6.74. The van der Waals surface area contributed by atoms with Gasteiger partial charge in [0.15, 0.2) is 0 Å². The first-order chi connectivity index (χ1) is 11.6. The molecule has 1 aromatic carbocycles. The van der Waals surface area contributed by atoms with Gasteiger partial charge in [-0.25, -0.2) is 8.78 Å². The molecular weight excluding hydrogens is 316 g/mol. The van der Waals surface area contributed by atoms with Crippen LogP contribution in [0.3, 0.4) is 0 Å². The van der Waals surface area contributed by atoms with Crippen molar-refractivity contribution in [3.8, 4) is 0 Å². The molecule has 0 saturated carbocycles. The Bertz CT molecular complexity index is 760. The third-order valence-corrected chi connectivity index (χ3v) is 3.94. The summed E-state index contributed by atoms with van der Waals surface area (Å²) >= 11 is 0. The van der Waals surface area contributed by atoms with E-state index in [1.165, 1.54) is 4.90 Å². The highest BCUT2D eigenvalue weighted by Gasteiger charge is 2.27. The van der Waals surface area contributed by atoms with Crippen molar-refractivity contribution < 1.29 is 18.4 Å². The van der Waals surface area contributed by atoms with Crippen LogP contribution in [-0.4, -0.2) is 52.8 Å². The summed E-state index contributed by atoms with van der Waals surface area (Å²) in [5.74, 6) is -2.12. The van der Waals surface area contributed by atoms with Crippen molar-refractivity contribution in [2.45, 2.75) is 0 Å². The number of carbonyl (C=O) groups is 2. The topological polar surface area (TPSA) is 53.5 Å². The molecule has 0 atom stereocenters. The normalized spacial score (nSPS) is 14.6. The molecule has 2 amide bonds.